The second kappa shape index (κ2) is 10.3. The third-order valence-electron chi connectivity index (χ3n) is 4.63. The minimum absolute atomic E-state index is 0.0331. The van der Waals surface area contributed by atoms with E-state index in [9.17, 15) is 19.2 Å². The summed E-state index contributed by atoms with van der Waals surface area (Å²) in [6.45, 7) is 9.60. The molecule has 9 heteroatoms. The maximum Gasteiger partial charge on any atom is 0.407 e. The van der Waals surface area contributed by atoms with Gasteiger partial charge >= 0.3 is 6.09 Å². The highest BCUT2D eigenvalue weighted by atomic mass is 16.6. The third kappa shape index (κ3) is 7.58. The quantitative estimate of drug-likeness (QED) is 0.612. The van der Waals surface area contributed by atoms with Gasteiger partial charge in [-0.05, 0) is 46.8 Å². The van der Waals surface area contributed by atoms with Gasteiger partial charge in [0.05, 0.1) is 17.3 Å². The fourth-order valence-electron chi connectivity index (χ4n) is 3.15. The van der Waals surface area contributed by atoms with Crippen LogP contribution in [0.15, 0.2) is 24.3 Å². The molecule has 1 aromatic rings. The van der Waals surface area contributed by atoms with Gasteiger partial charge in [-0.1, -0.05) is 12.1 Å². The molecule has 1 aliphatic rings. The molecule has 3 N–H and O–H groups in total. The van der Waals surface area contributed by atoms with E-state index in [0.717, 1.165) is 0 Å². The van der Waals surface area contributed by atoms with Gasteiger partial charge in [0.25, 0.3) is 0 Å². The van der Waals surface area contributed by atoms with Gasteiger partial charge in [0, 0.05) is 32.0 Å². The molecular formula is C22H32N4O5. The maximum atomic E-state index is 12.7. The molecule has 1 atom stereocenters. The van der Waals surface area contributed by atoms with Crippen LogP contribution < -0.4 is 16.0 Å². The molecule has 0 aliphatic carbocycles. The van der Waals surface area contributed by atoms with Crippen LogP contribution in [0.25, 0.3) is 0 Å². The number of rotatable bonds is 7. The molecule has 0 saturated carbocycles. The summed E-state index contributed by atoms with van der Waals surface area (Å²) in [5.74, 6) is -1.05. The summed E-state index contributed by atoms with van der Waals surface area (Å²) in [5, 5.41) is 8.09. The van der Waals surface area contributed by atoms with Gasteiger partial charge in [0.2, 0.25) is 17.7 Å². The van der Waals surface area contributed by atoms with Crippen LogP contribution in [0, 0.1) is 5.92 Å². The van der Waals surface area contributed by atoms with E-state index >= 15 is 0 Å². The fourth-order valence-corrected chi connectivity index (χ4v) is 3.15. The standard InChI is InChI=1S/C22H32N4O5/c1-14(2)26-13-15(12-19(26)28)20(29)25-17-9-7-6-8-16(17)24-18(27)10-11-23-21(30)31-22(3,4)5/h6-9,14-15H,10-13H2,1-5H3,(H,23,30)(H,24,27)(H,25,29). The van der Waals surface area contributed by atoms with E-state index in [-0.39, 0.29) is 43.1 Å². The molecule has 0 bridgehead atoms. The second-order valence-corrected chi connectivity index (χ2v) is 8.80. The minimum Gasteiger partial charge on any atom is -0.444 e. The van der Waals surface area contributed by atoms with Gasteiger partial charge in [0.15, 0.2) is 0 Å². The third-order valence-corrected chi connectivity index (χ3v) is 4.63. The Morgan fingerprint density at radius 1 is 1.13 bits per heavy atom. The molecule has 1 unspecified atom stereocenters. The highest BCUT2D eigenvalue weighted by Crippen LogP contribution is 2.25. The number of amides is 4. The molecule has 0 spiro atoms. The first kappa shape index (κ1) is 24.2. The van der Waals surface area contributed by atoms with Crippen molar-refractivity contribution in [2.45, 2.75) is 59.1 Å². The first-order chi connectivity index (χ1) is 14.5. The van der Waals surface area contributed by atoms with Crippen LogP contribution in [0.1, 0.15) is 47.5 Å². The van der Waals surface area contributed by atoms with E-state index in [1.54, 1.807) is 49.9 Å². The number of anilines is 2. The molecule has 9 nitrogen and oxygen atoms in total. The number of benzene rings is 1. The first-order valence-electron chi connectivity index (χ1n) is 10.4. The van der Waals surface area contributed by atoms with Crippen molar-refractivity contribution < 1.29 is 23.9 Å². The van der Waals surface area contributed by atoms with Crippen LogP contribution in [-0.4, -0.2) is 53.4 Å². The molecule has 1 saturated heterocycles. The van der Waals surface area contributed by atoms with Crippen molar-refractivity contribution in [2.24, 2.45) is 5.92 Å². The molecule has 1 aromatic carbocycles. The van der Waals surface area contributed by atoms with E-state index in [1.165, 1.54) is 0 Å². The van der Waals surface area contributed by atoms with Gasteiger partial charge in [-0.3, -0.25) is 14.4 Å². The number of para-hydroxylation sites is 2. The Labute approximate surface area is 182 Å². The number of alkyl carbamates (subject to hydrolysis) is 1. The topological polar surface area (TPSA) is 117 Å². The molecule has 4 amide bonds. The van der Waals surface area contributed by atoms with E-state index in [2.05, 4.69) is 16.0 Å². The lowest BCUT2D eigenvalue weighted by Gasteiger charge is -2.21. The zero-order valence-corrected chi connectivity index (χ0v) is 18.8. The lowest BCUT2D eigenvalue weighted by atomic mass is 10.1. The van der Waals surface area contributed by atoms with E-state index in [1.807, 2.05) is 13.8 Å². The lowest BCUT2D eigenvalue weighted by molar-refractivity contribution is -0.129. The number of carbonyl (C=O) groups is 4. The summed E-state index contributed by atoms with van der Waals surface area (Å²) in [7, 11) is 0. The maximum absolute atomic E-state index is 12.7. The highest BCUT2D eigenvalue weighted by Gasteiger charge is 2.35. The van der Waals surface area contributed by atoms with Gasteiger partial charge in [0.1, 0.15) is 5.60 Å². The first-order valence-corrected chi connectivity index (χ1v) is 10.4. The minimum atomic E-state index is -0.611. The van der Waals surface area contributed by atoms with Gasteiger partial charge in [-0.25, -0.2) is 4.79 Å². The molecule has 0 radical (unpaired) electrons. The van der Waals surface area contributed by atoms with Crippen molar-refractivity contribution in [3.63, 3.8) is 0 Å². The number of nitrogens with zero attached hydrogens (tertiary/aromatic N) is 1. The van der Waals surface area contributed by atoms with Crippen LogP contribution >= 0.6 is 0 Å². The predicted molar refractivity (Wildman–Crippen MR) is 118 cm³/mol. The Morgan fingerprint density at radius 3 is 2.29 bits per heavy atom. The molecule has 0 aromatic heterocycles. The number of ether oxygens (including phenoxy) is 1. The summed E-state index contributed by atoms with van der Waals surface area (Å²) in [6, 6.07) is 6.89. The van der Waals surface area contributed by atoms with E-state index in [4.69, 9.17) is 4.74 Å². The summed E-state index contributed by atoms with van der Waals surface area (Å²) in [4.78, 5) is 50.3. The Kier molecular flexibility index (Phi) is 8.01. The number of hydrogen-bond acceptors (Lipinski definition) is 5. The van der Waals surface area contributed by atoms with Crippen molar-refractivity contribution in [3.05, 3.63) is 24.3 Å². The Morgan fingerprint density at radius 2 is 1.74 bits per heavy atom. The van der Waals surface area contributed by atoms with Crippen molar-refractivity contribution in [2.75, 3.05) is 23.7 Å². The van der Waals surface area contributed by atoms with Crippen molar-refractivity contribution in [1.29, 1.82) is 0 Å². The smallest absolute Gasteiger partial charge is 0.407 e. The summed E-state index contributed by atoms with van der Waals surface area (Å²) in [6.07, 6.45) is -0.369. The van der Waals surface area contributed by atoms with Crippen LogP contribution in [0.5, 0.6) is 0 Å². The summed E-state index contributed by atoms with van der Waals surface area (Å²) in [5.41, 5.74) is 0.291. The zero-order chi connectivity index (χ0) is 23.2. The van der Waals surface area contributed by atoms with E-state index in [0.29, 0.717) is 17.9 Å². The van der Waals surface area contributed by atoms with Crippen molar-refractivity contribution >= 4 is 35.2 Å². The van der Waals surface area contributed by atoms with Gasteiger partial charge < -0.3 is 25.6 Å². The van der Waals surface area contributed by atoms with Crippen LogP contribution in [0.3, 0.4) is 0 Å². The molecule has 170 valence electrons. The SMILES string of the molecule is CC(C)N1CC(C(=O)Nc2ccccc2NC(=O)CCNC(=O)OC(C)(C)C)CC1=O. The number of nitrogens with one attached hydrogen (secondary N) is 3. The Balaban J connectivity index is 1.89. The zero-order valence-electron chi connectivity index (χ0n) is 18.8. The van der Waals surface area contributed by atoms with Crippen LogP contribution in [0.4, 0.5) is 16.2 Å². The molecule has 31 heavy (non-hydrogen) atoms. The largest absolute Gasteiger partial charge is 0.444 e. The molecule has 1 aliphatic heterocycles. The van der Waals surface area contributed by atoms with Gasteiger partial charge in [-0.15, -0.1) is 0 Å². The van der Waals surface area contributed by atoms with Crippen molar-refractivity contribution in [1.82, 2.24) is 10.2 Å². The number of carbonyl (C=O) groups excluding carboxylic acids is 4. The average molecular weight is 433 g/mol. The Hall–Kier alpha value is -3.10. The number of likely N-dealkylation sites (tertiary alicyclic amines) is 1. The lowest BCUT2D eigenvalue weighted by Crippen LogP contribution is -2.34. The molecule has 2 rings (SSSR count). The molecular weight excluding hydrogens is 400 g/mol. The van der Waals surface area contributed by atoms with Crippen LogP contribution in [0.2, 0.25) is 0 Å². The summed E-state index contributed by atoms with van der Waals surface area (Å²) >= 11 is 0. The molecule has 1 heterocycles. The van der Waals surface area contributed by atoms with Crippen LogP contribution in [-0.2, 0) is 19.1 Å². The normalized spacial score (nSPS) is 16.3. The predicted octanol–water partition coefficient (Wildman–Crippen LogP) is 2.74. The number of hydrogen-bond donors (Lipinski definition) is 3. The second-order valence-electron chi connectivity index (χ2n) is 8.80. The Bertz CT molecular complexity index is 831. The van der Waals surface area contributed by atoms with Gasteiger partial charge in [-0.2, -0.15) is 0 Å². The highest BCUT2D eigenvalue weighted by molar-refractivity contribution is 6.02. The molecule has 1 fully saturated rings. The fraction of sp³-hybridized carbons (Fsp3) is 0.545. The van der Waals surface area contributed by atoms with Crippen molar-refractivity contribution in [3.8, 4) is 0 Å². The average Bonchev–Trinajstić information content (AvgIpc) is 3.04. The summed E-state index contributed by atoms with van der Waals surface area (Å²) < 4.78 is 5.12. The monoisotopic (exact) mass is 432 g/mol. The van der Waals surface area contributed by atoms with E-state index < -0.39 is 17.6 Å².